The summed E-state index contributed by atoms with van der Waals surface area (Å²) in [6.07, 6.45) is 8.30. The predicted molar refractivity (Wildman–Crippen MR) is 106 cm³/mol. The van der Waals surface area contributed by atoms with E-state index in [0.717, 1.165) is 15.8 Å². The van der Waals surface area contributed by atoms with Crippen molar-refractivity contribution in [2.24, 2.45) is 0 Å². The van der Waals surface area contributed by atoms with Crippen LogP contribution in [0.25, 0.3) is 22.2 Å². The van der Waals surface area contributed by atoms with Gasteiger partial charge < -0.3 is 0 Å². The van der Waals surface area contributed by atoms with E-state index in [1.807, 2.05) is 16.7 Å². The molecule has 0 N–H and O–H groups in total. The van der Waals surface area contributed by atoms with Gasteiger partial charge in [-0.25, -0.2) is 0 Å². The monoisotopic (exact) mass is 390 g/mol. The second-order valence-electron chi connectivity index (χ2n) is 5.80. The van der Waals surface area contributed by atoms with Crippen LogP contribution in [0.3, 0.4) is 0 Å². The number of fused-ring (bicyclic) bond motifs is 1. The third kappa shape index (κ3) is 3.23. The van der Waals surface area contributed by atoms with Crippen molar-refractivity contribution in [2.45, 2.75) is 16.6 Å². The molecule has 0 saturated carbocycles. The first-order valence-electron chi connectivity index (χ1n) is 8.32. The van der Waals surface area contributed by atoms with E-state index in [9.17, 15) is 10.1 Å². The quantitative estimate of drug-likeness (QED) is 0.277. The lowest BCUT2D eigenvalue weighted by Crippen LogP contribution is -2.00. The van der Waals surface area contributed by atoms with E-state index in [0.29, 0.717) is 22.9 Å². The molecule has 0 aliphatic carbocycles. The van der Waals surface area contributed by atoms with Gasteiger partial charge in [-0.15, -0.1) is 16.8 Å². The van der Waals surface area contributed by atoms with Crippen LogP contribution in [0.5, 0.6) is 0 Å². The van der Waals surface area contributed by atoms with E-state index < -0.39 is 4.92 Å². The molecule has 3 heterocycles. The zero-order valence-corrected chi connectivity index (χ0v) is 15.4. The van der Waals surface area contributed by atoms with Crippen LogP contribution in [0, 0.1) is 10.1 Å². The van der Waals surface area contributed by atoms with E-state index in [4.69, 9.17) is 0 Å². The van der Waals surface area contributed by atoms with Gasteiger partial charge in [-0.1, -0.05) is 6.08 Å². The minimum Gasteiger partial charge on any atom is -0.298 e. The summed E-state index contributed by atoms with van der Waals surface area (Å²) in [5.74, 6) is 0.706. The van der Waals surface area contributed by atoms with E-state index in [2.05, 4.69) is 26.7 Å². The highest BCUT2D eigenvalue weighted by Crippen LogP contribution is 2.37. The molecule has 4 aromatic rings. The van der Waals surface area contributed by atoms with Crippen molar-refractivity contribution in [3.63, 3.8) is 0 Å². The summed E-state index contributed by atoms with van der Waals surface area (Å²) in [6, 6.07) is 8.72. The molecule has 28 heavy (non-hydrogen) atoms. The van der Waals surface area contributed by atoms with Gasteiger partial charge in [0.05, 0.1) is 10.3 Å². The third-order valence-electron chi connectivity index (χ3n) is 4.12. The molecular formula is C19H14N6O2S. The maximum absolute atomic E-state index is 11.3. The van der Waals surface area contributed by atoms with Gasteiger partial charge in [0.15, 0.2) is 11.0 Å². The Kier molecular flexibility index (Phi) is 4.81. The molecule has 0 aliphatic heterocycles. The summed E-state index contributed by atoms with van der Waals surface area (Å²) in [7, 11) is 0. The molecule has 0 amide bonds. The lowest BCUT2D eigenvalue weighted by atomic mass is 10.1. The van der Waals surface area contributed by atoms with Crippen molar-refractivity contribution < 1.29 is 4.92 Å². The first-order chi connectivity index (χ1) is 13.7. The van der Waals surface area contributed by atoms with E-state index in [1.54, 1.807) is 36.8 Å². The van der Waals surface area contributed by atoms with Crippen LogP contribution in [0.2, 0.25) is 0 Å². The Morgan fingerprint density at radius 3 is 2.61 bits per heavy atom. The van der Waals surface area contributed by atoms with Gasteiger partial charge in [-0.05, 0) is 36.0 Å². The second-order valence-corrected chi connectivity index (χ2v) is 6.81. The number of aromatic nitrogens is 5. The first-order valence-corrected chi connectivity index (χ1v) is 9.14. The molecule has 0 spiro atoms. The summed E-state index contributed by atoms with van der Waals surface area (Å²) in [5, 5.41) is 21.9. The fourth-order valence-electron chi connectivity index (χ4n) is 2.87. The Bertz CT molecular complexity index is 1180. The van der Waals surface area contributed by atoms with Crippen LogP contribution >= 0.6 is 11.8 Å². The van der Waals surface area contributed by atoms with E-state index in [-0.39, 0.29) is 5.69 Å². The van der Waals surface area contributed by atoms with Crippen LogP contribution in [0.1, 0.15) is 0 Å². The van der Waals surface area contributed by atoms with Crippen LogP contribution in [-0.4, -0.2) is 29.7 Å². The van der Waals surface area contributed by atoms with Gasteiger partial charge >= 0.3 is 0 Å². The molecule has 0 aliphatic rings. The molecule has 138 valence electrons. The minimum absolute atomic E-state index is 0.0254. The van der Waals surface area contributed by atoms with Crippen LogP contribution in [0.15, 0.2) is 77.8 Å². The first kappa shape index (κ1) is 17.8. The van der Waals surface area contributed by atoms with Gasteiger partial charge in [0, 0.05) is 53.2 Å². The Morgan fingerprint density at radius 2 is 1.86 bits per heavy atom. The molecule has 8 nitrogen and oxygen atoms in total. The Morgan fingerprint density at radius 1 is 1.07 bits per heavy atom. The molecular weight excluding hydrogens is 376 g/mol. The SMILES string of the molecule is C=CCn1c(Sc2ccc([N+](=O)[O-])c3cnccc23)nnc1-c1ccncc1. The number of nitro groups is 1. The summed E-state index contributed by atoms with van der Waals surface area (Å²) in [5.41, 5.74) is 0.923. The molecule has 0 bridgehead atoms. The number of pyridine rings is 2. The van der Waals surface area contributed by atoms with Crippen LogP contribution in [-0.2, 0) is 6.54 Å². The van der Waals surface area contributed by atoms with Gasteiger partial charge in [0.1, 0.15) is 0 Å². The van der Waals surface area contributed by atoms with Crippen molar-refractivity contribution in [1.29, 1.82) is 0 Å². The van der Waals surface area contributed by atoms with Gasteiger partial charge in [-0.2, -0.15) is 0 Å². The molecule has 0 atom stereocenters. The maximum atomic E-state index is 11.3. The van der Waals surface area contributed by atoms with Crippen molar-refractivity contribution in [3.8, 4) is 11.4 Å². The van der Waals surface area contributed by atoms with Crippen LogP contribution < -0.4 is 0 Å². The lowest BCUT2D eigenvalue weighted by Gasteiger charge is -2.09. The highest BCUT2D eigenvalue weighted by molar-refractivity contribution is 7.99. The van der Waals surface area contributed by atoms with Crippen molar-refractivity contribution >= 4 is 28.2 Å². The summed E-state index contributed by atoms with van der Waals surface area (Å²) >= 11 is 1.40. The number of benzene rings is 1. The highest BCUT2D eigenvalue weighted by atomic mass is 32.2. The molecule has 0 radical (unpaired) electrons. The number of nitrogens with zero attached hydrogens (tertiary/aromatic N) is 6. The van der Waals surface area contributed by atoms with E-state index >= 15 is 0 Å². The van der Waals surface area contributed by atoms with Gasteiger partial charge in [-0.3, -0.25) is 24.6 Å². The number of allylic oxidation sites excluding steroid dienone is 1. The fraction of sp³-hybridized carbons (Fsp3) is 0.0526. The van der Waals surface area contributed by atoms with Gasteiger partial charge in [0.25, 0.3) is 5.69 Å². The number of non-ortho nitro benzene ring substituents is 1. The number of hydrogen-bond acceptors (Lipinski definition) is 7. The molecule has 3 aromatic heterocycles. The Hall–Kier alpha value is -3.59. The largest absolute Gasteiger partial charge is 0.298 e. The lowest BCUT2D eigenvalue weighted by molar-refractivity contribution is -0.383. The van der Waals surface area contributed by atoms with Gasteiger partial charge in [0.2, 0.25) is 0 Å². The summed E-state index contributed by atoms with van der Waals surface area (Å²) in [4.78, 5) is 19.8. The standard InChI is InChI=1S/C19H14N6O2S/c1-2-11-24-18(13-5-8-20-9-6-13)22-23-19(24)28-17-4-3-16(25(26)27)15-12-21-10-7-14(15)17/h2-10,12H,1,11H2. The second kappa shape index (κ2) is 7.57. The molecule has 0 saturated heterocycles. The molecule has 1 aromatic carbocycles. The summed E-state index contributed by atoms with van der Waals surface area (Å²) in [6.45, 7) is 4.35. The number of nitro benzene ring substituents is 1. The molecule has 0 fully saturated rings. The third-order valence-corrected chi connectivity index (χ3v) is 5.18. The zero-order chi connectivity index (χ0) is 19.5. The van der Waals surface area contributed by atoms with Crippen molar-refractivity contribution in [2.75, 3.05) is 0 Å². The average molecular weight is 390 g/mol. The number of rotatable bonds is 6. The average Bonchev–Trinajstić information content (AvgIpc) is 3.11. The molecule has 4 rings (SSSR count). The molecule has 9 heteroatoms. The Balaban J connectivity index is 1.80. The normalized spacial score (nSPS) is 10.9. The predicted octanol–water partition coefficient (Wildman–Crippen LogP) is 4.13. The molecule has 0 unspecified atom stereocenters. The van der Waals surface area contributed by atoms with Crippen molar-refractivity contribution in [1.82, 2.24) is 24.7 Å². The Labute approximate surface area is 164 Å². The smallest absolute Gasteiger partial charge is 0.278 e. The van der Waals surface area contributed by atoms with Crippen molar-refractivity contribution in [3.05, 3.63) is 77.9 Å². The summed E-state index contributed by atoms with van der Waals surface area (Å²) < 4.78 is 1.95. The van der Waals surface area contributed by atoms with E-state index in [1.165, 1.54) is 24.0 Å². The highest BCUT2D eigenvalue weighted by Gasteiger charge is 2.18. The van der Waals surface area contributed by atoms with Crippen LogP contribution in [0.4, 0.5) is 5.69 Å². The number of hydrogen-bond donors (Lipinski definition) is 0. The maximum Gasteiger partial charge on any atom is 0.278 e. The zero-order valence-electron chi connectivity index (χ0n) is 14.6. The minimum atomic E-state index is -0.403. The fourth-order valence-corrected chi connectivity index (χ4v) is 3.84. The topological polar surface area (TPSA) is 99.6 Å².